The van der Waals surface area contributed by atoms with Gasteiger partial charge in [0.2, 0.25) is 0 Å². The molecule has 23 heavy (non-hydrogen) atoms. The average molecular weight is 312 g/mol. The standard InChI is InChI=1S/C17H20N4O2/c1-20(17(22)23-2)16-4-3-14-12-21(10-7-13(14)11-16)19-15-5-8-18-9-6-15/h3-6,8-9,11H,7,10,12H2,1-2H3,(H,18,19). The number of methoxy groups -OCH3 is 1. The number of anilines is 2. The summed E-state index contributed by atoms with van der Waals surface area (Å²) >= 11 is 0. The topological polar surface area (TPSA) is 57.7 Å². The summed E-state index contributed by atoms with van der Waals surface area (Å²) in [6.07, 6.45) is 4.11. The van der Waals surface area contributed by atoms with Crippen LogP contribution in [0.4, 0.5) is 16.2 Å². The smallest absolute Gasteiger partial charge is 0.413 e. The third-order valence-electron chi connectivity index (χ3n) is 4.01. The Balaban J connectivity index is 1.71. The first-order chi connectivity index (χ1) is 11.2. The Labute approximate surface area is 135 Å². The van der Waals surface area contributed by atoms with Crippen LogP contribution in [0.2, 0.25) is 0 Å². The van der Waals surface area contributed by atoms with Crippen molar-refractivity contribution in [2.75, 3.05) is 31.0 Å². The third-order valence-corrected chi connectivity index (χ3v) is 4.01. The van der Waals surface area contributed by atoms with Crippen molar-refractivity contribution < 1.29 is 9.53 Å². The quantitative estimate of drug-likeness (QED) is 0.944. The molecule has 1 aliphatic rings. The maximum atomic E-state index is 11.6. The van der Waals surface area contributed by atoms with Crippen molar-refractivity contribution >= 4 is 17.5 Å². The summed E-state index contributed by atoms with van der Waals surface area (Å²) in [5, 5.41) is 2.18. The van der Waals surface area contributed by atoms with Gasteiger partial charge in [0, 0.05) is 38.2 Å². The van der Waals surface area contributed by atoms with Gasteiger partial charge in [0.05, 0.1) is 12.8 Å². The normalized spacial score (nSPS) is 14.0. The second-order valence-electron chi connectivity index (χ2n) is 5.50. The molecular formula is C17H20N4O2. The summed E-state index contributed by atoms with van der Waals surface area (Å²) < 4.78 is 4.76. The summed E-state index contributed by atoms with van der Waals surface area (Å²) in [4.78, 5) is 17.2. The molecule has 0 bridgehead atoms. The van der Waals surface area contributed by atoms with Crippen LogP contribution >= 0.6 is 0 Å². The van der Waals surface area contributed by atoms with Crippen molar-refractivity contribution in [2.45, 2.75) is 13.0 Å². The summed E-state index contributed by atoms with van der Waals surface area (Å²) in [5.74, 6) is 0. The lowest BCUT2D eigenvalue weighted by atomic mass is 10.00. The van der Waals surface area contributed by atoms with Crippen LogP contribution < -0.4 is 10.3 Å². The number of fused-ring (bicyclic) bond motifs is 1. The molecule has 0 saturated carbocycles. The third kappa shape index (κ3) is 3.43. The van der Waals surface area contributed by atoms with E-state index in [4.69, 9.17) is 4.74 Å². The highest BCUT2D eigenvalue weighted by atomic mass is 16.5. The Morgan fingerprint density at radius 1 is 1.26 bits per heavy atom. The average Bonchev–Trinajstić information content (AvgIpc) is 2.61. The fourth-order valence-corrected chi connectivity index (χ4v) is 2.69. The van der Waals surface area contributed by atoms with Gasteiger partial charge in [0.1, 0.15) is 0 Å². The molecule has 6 nitrogen and oxygen atoms in total. The number of benzene rings is 1. The van der Waals surface area contributed by atoms with Crippen LogP contribution in [0.5, 0.6) is 0 Å². The van der Waals surface area contributed by atoms with Gasteiger partial charge < -0.3 is 10.2 Å². The highest BCUT2D eigenvalue weighted by Crippen LogP contribution is 2.25. The van der Waals surface area contributed by atoms with Gasteiger partial charge in [0.15, 0.2) is 0 Å². The van der Waals surface area contributed by atoms with Crippen LogP contribution in [0, 0.1) is 0 Å². The van der Waals surface area contributed by atoms with Gasteiger partial charge in [-0.3, -0.25) is 9.88 Å². The number of hydrogen-bond donors (Lipinski definition) is 1. The molecule has 1 aliphatic heterocycles. The van der Waals surface area contributed by atoms with E-state index in [2.05, 4.69) is 27.6 Å². The lowest BCUT2D eigenvalue weighted by molar-refractivity contribution is 0.180. The molecule has 2 aromatic rings. The highest BCUT2D eigenvalue weighted by molar-refractivity contribution is 5.87. The number of amides is 1. The second-order valence-corrected chi connectivity index (χ2v) is 5.50. The second kappa shape index (κ2) is 6.66. The number of carbonyl (C=O) groups is 1. The molecular weight excluding hydrogens is 292 g/mol. The minimum Gasteiger partial charge on any atom is -0.452 e. The fourth-order valence-electron chi connectivity index (χ4n) is 2.69. The lowest BCUT2D eigenvalue weighted by Crippen LogP contribution is -2.35. The Bertz CT molecular complexity index is 690. The predicted molar refractivity (Wildman–Crippen MR) is 89.2 cm³/mol. The van der Waals surface area contributed by atoms with E-state index in [1.54, 1.807) is 19.4 Å². The van der Waals surface area contributed by atoms with E-state index in [0.717, 1.165) is 30.9 Å². The molecule has 0 fully saturated rings. The number of aromatic nitrogens is 1. The fraction of sp³-hybridized carbons (Fsp3) is 0.294. The van der Waals surface area contributed by atoms with Gasteiger partial charge >= 0.3 is 6.09 Å². The summed E-state index contributed by atoms with van der Waals surface area (Å²) in [5.41, 5.74) is 7.81. The summed E-state index contributed by atoms with van der Waals surface area (Å²) in [6.45, 7) is 1.72. The molecule has 0 saturated heterocycles. The molecule has 6 heteroatoms. The number of hydrazine groups is 1. The molecule has 1 aromatic carbocycles. The maximum Gasteiger partial charge on any atom is 0.413 e. The SMILES string of the molecule is COC(=O)N(C)c1ccc2c(c1)CCN(Nc1ccncc1)C2. The molecule has 0 radical (unpaired) electrons. The van der Waals surface area contributed by atoms with E-state index in [0.29, 0.717) is 0 Å². The van der Waals surface area contributed by atoms with Gasteiger partial charge in [-0.05, 0) is 41.8 Å². The number of nitrogens with one attached hydrogen (secondary N) is 1. The van der Waals surface area contributed by atoms with Gasteiger partial charge in [-0.25, -0.2) is 9.80 Å². The van der Waals surface area contributed by atoms with E-state index in [1.807, 2.05) is 18.2 Å². The zero-order chi connectivity index (χ0) is 16.2. The zero-order valence-corrected chi connectivity index (χ0v) is 13.3. The molecule has 0 aliphatic carbocycles. The molecule has 1 amide bonds. The van der Waals surface area contributed by atoms with Gasteiger partial charge in [-0.2, -0.15) is 0 Å². The minimum absolute atomic E-state index is 0.360. The van der Waals surface area contributed by atoms with E-state index in [9.17, 15) is 4.79 Å². The van der Waals surface area contributed by atoms with Crippen molar-refractivity contribution in [3.63, 3.8) is 0 Å². The Hall–Kier alpha value is -2.60. The Kier molecular flexibility index (Phi) is 4.43. The van der Waals surface area contributed by atoms with Crippen LogP contribution in [0.3, 0.4) is 0 Å². The number of rotatable bonds is 3. The maximum absolute atomic E-state index is 11.6. The van der Waals surface area contributed by atoms with Gasteiger partial charge in [-0.15, -0.1) is 0 Å². The molecule has 0 spiro atoms. The van der Waals surface area contributed by atoms with Crippen LogP contribution in [-0.4, -0.2) is 36.8 Å². The van der Waals surface area contributed by atoms with Crippen molar-refractivity contribution in [1.82, 2.24) is 9.99 Å². The first-order valence-electron chi connectivity index (χ1n) is 7.52. The van der Waals surface area contributed by atoms with E-state index in [-0.39, 0.29) is 6.09 Å². The lowest BCUT2D eigenvalue weighted by Gasteiger charge is -2.30. The summed E-state index contributed by atoms with van der Waals surface area (Å²) in [7, 11) is 3.10. The number of carbonyl (C=O) groups excluding carboxylic acids is 1. The largest absolute Gasteiger partial charge is 0.452 e. The van der Waals surface area contributed by atoms with Crippen molar-refractivity contribution in [3.05, 3.63) is 53.9 Å². The molecule has 0 atom stereocenters. The number of hydrogen-bond acceptors (Lipinski definition) is 5. The molecule has 1 aromatic heterocycles. The number of ether oxygens (including phenoxy) is 1. The molecule has 3 rings (SSSR count). The molecule has 2 heterocycles. The van der Waals surface area contributed by atoms with Crippen molar-refractivity contribution in [2.24, 2.45) is 0 Å². The predicted octanol–water partition coefficient (Wildman–Crippen LogP) is 2.67. The van der Waals surface area contributed by atoms with Crippen molar-refractivity contribution in [3.8, 4) is 0 Å². The molecule has 0 unspecified atom stereocenters. The van der Waals surface area contributed by atoms with Crippen molar-refractivity contribution in [1.29, 1.82) is 0 Å². The minimum atomic E-state index is -0.360. The van der Waals surface area contributed by atoms with E-state index in [1.165, 1.54) is 23.1 Å². The van der Waals surface area contributed by atoms with Gasteiger partial charge in [0.25, 0.3) is 0 Å². The van der Waals surface area contributed by atoms with Crippen LogP contribution in [-0.2, 0) is 17.7 Å². The Morgan fingerprint density at radius 2 is 2.04 bits per heavy atom. The Morgan fingerprint density at radius 3 is 2.78 bits per heavy atom. The first-order valence-corrected chi connectivity index (χ1v) is 7.52. The van der Waals surface area contributed by atoms with E-state index >= 15 is 0 Å². The monoisotopic (exact) mass is 312 g/mol. The molecule has 120 valence electrons. The van der Waals surface area contributed by atoms with Crippen LogP contribution in [0.25, 0.3) is 0 Å². The van der Waals surface area contributed by atoms with E-state index < -0.39 is 0 Å². The number of pyridine rings is 1. The first kappa shape index (κ1) is 15.3. The summed E-state index contributed by atoms with van der Waals surface area (Å²) in [6, 6.07) is 9.99. The van der Waals surface area contributed by atoms with Crippen LogP contribution in [0.1, 0.15) is 11.1 Å². The highest BCUT2D eigenvalue weighted by Gasteiger charge is 2.18. The van der Waals surface area contributed by atoms with Gasteiger partial charge in [-0.1, -0.05) is 6.07 Å². The number of nitrogens with zero attached hydrogens (tertiary/aromatic N) is 3. The molecule has 1 N–H and O–H groups in total. The van der Waals surface area contributed by atoms with Crippen LogP contribution in [0.15, 0.2) is 42.7 Å². The zero-order valence-electron chi connectivity index (χ0n) is 13.3.